The summed E-state index contributed by atoms with van der Waals surface area (Å²) < 4.78 is 26.4. The third-order valence-corrected chi connectivity index (χ3v) is 4.76. The maximum absolute atomic E-state index is 12.1. The number of carbonyl (C=O) groups is 2. The van der Waals surface area contributed by atoms with E-state index < -0.39 is 7.82 Å². The normalized spacial score (nSPS) is 15.0. The molecule has 0 atom stereocenters. The third-order valence-electron chi connectivity index (χ3n) is 3.43. The molecule has 8 nitrogen and oxygen atoms in total. The lowest BCUT2D eigenvalue weighted by atomic mass is 10.0. The number of allylic oxidation sites excluding steroid dienone is 1. The molecule has 1 aliphatic heterocycles. The van der Waals surface area contributed by atoms with Crippen molar-refractivity contribution < 1.29 is 27.7 Å². The second kappa shape index (κ2) is 7.81. The lowest BCUT2D eigenvalue weighted by Gasteiger charge is -2.28. The van der Waals surface area contributed by atoms with Crippen molar-refractivity contribution >= 4 is 31.4 Å². The van der Waals surface area contributed by atoms with Gasteiger partial charge in [-0.3, -0.25) is 28.1 Å². The zero-order valence-corrected chi connectivity index (χ0v) is 14.6. The molecule has 0 bridgehead atoms. The first kappa shape index (κ1) is 18.5. The van der Waals surface area contributed by atoms with Crippen molar-refractivity contribution in [1.29, 1.82) is 0 Å². The van der Waals surface area contributed by atoms with Gasteiger partial charge in [0.05, 0.1) is 0 Å². The summed E-state index contributed by atoms with van der Waals surface area (Å²) in [5, 5.41) is 0. The number of aryl methyl sites for hydroxylation is 1. The summed E-state index contributed by atoms with van der Waals surface area (Å²) in [6.45, 7) is 1.17. The molecule has 0 spiro atoms. The van der Waals surface area contributed by atoms with E-state index in [0.29, 0.717) is 12.2 Å². The zero-order valence-electron chi connectivity index (χ0n) is 13.7. The molecule has 1 aliphatic rings. The van der Waals surface area contributed by atoms with Crippen molar-refractivity contribution in [3.63, 3.8) is 0 Å². The molecule has 1 aromatic heterocycles. The summed E-state index contributed by atoms with van der Waals surface area (Å²) in [4.78, 5) is 28.7. The van der Waals surface area contributed by atoms with Crippen molar-refractivity contribution in [2.75, 3.05) is 25.9 Å². The summed E-state index contributed by atoms with van der Waals surface area (Å²) in [7, 11) is -1.29. The first-order valence-corrected chi connectivity index (χ1v) is 8.68. The smallest absolute Gasteiger partial charge is 0.295 e. The summed E-state index contributed by atoms with van der Waals surface area (Å²) in [6, 6.07) is 1.85. The Morgan fingerprint density at radius 2 is 2.08 bits per heavy atom. The van der Waals surface area contributed by atoms with E-state index in [4.69, 9.17) is 4.52 Å². The number of amides is 1. The Bertz CT molecular complexity index is 710. The molecule has 0 N–H and O–H groups in total. The molecule has 0 unspecified atom stereocenters. The quantitative estimate of drug-likeness (QED) is 0.548. The number of aromatic nitrogens is 1. The maximum atomic E-state index is 12.1. The average Bonchev–Trinajstić information content (AvgIpc) is 2.58. The molecule has 1 amide bonds. The summed E-state index contributed by atoms with van der Waals surface area (Å²) in [5.74, 6) is 0.179. The molecule has 0 fully saturated rings. The van der Waals surface area contributed by atoms with E-state index in [1.165, 1.54) is 32.1 Å². The van der Waals surface area contributed by atoms with E-state index in [-0.39, 0.29) is 24.8 Å². The summed E-state index contributed by atoms with van der Waals surface area (Å²) >= 11 is 0. The maximum Gasteiger partial charge on any atom is 0.475 e. The fourth-order valence-corrected chi connectivity index (χ4v) is 2.81. The van der Waals surface area contributed by atoms with Crippen LogP contribution in [0.3, 0.4) is 0 Å². The van der Waals surface area contributed by atoms with Crippen molar-refractivity contribution in [2.45, 2.75) is 19.8 Å². The Morgan fingerprint density at radius 3 is 2.71 bits per heavy atom. The highest BCUT2D eigenvalue weighted by molar-refractivity contribution is 7.48. The Kier molecular flexibility index (Phi) is 6.01. The Hall–Kier alpha value is -1.86. The molecule has 0 saturated carbocycles. The second-order valence-electron chi connectivity index (χ2n) is 5.09. The standard InChI is InChI=1S/C15H19N2O6P/c1-11(18)4-5-12-8-13-6-7-14(19)17(15(13)16-9-12)10-23-24(20,21-2)22-3/h4-5,8-9H,6-7,10H2,1-3H3/b5-4+. The number of anilines is 1. The van der Waals surface area contributed by atoms with Crippen LogP contribution in [0.25, 0.3) is 6.08 Å². The van der Waals surface area contributed by atoms with Crippen LogP contribution < -0.4 is 4.90 Å². The molecule has 0 radical (unpaired) electrons. The van der Waals surface area contributed by atoms with Crippen LogP contribution >= 0.6 is 7.82 Å². The van der Waals surface area contributed by atoms with E-state index in [1.807, 2.05) is 6.07 Å². The predicted octanol–water partition coefficient (Wildman–Crippen LogP) is 2.34. The number of nitrogens with zero attached hydrogens (tertiary/aromatic N) is 2. The van der Waals surface area contributed by atoms with Gasteiger partial charge in [0.15, 0.2) is 5.78 Å². The third kappa shape index (κ3) is 4.36. The van der Waals surface area contributed by atoms with Gasteiger partial charge in [0.1, 0.15) is 12.5 Å². The molecule has 2 heterocycles. The fraction of sp³-hybridized carbons (Fsp3) is 0.400. The molecule has 0 saturated heterocycles. The Balaban J connectivity index is 2.22. The minimum atomic E-state index is -3.69. The van der Waals surface area contributed by atoms with Gasteiger partial charge in [0.2, 0.25) is 5.91 Å². The predicted molar refractivity (Wildman–Crippen MR) is 87.3 cm³/mol. The molecule has 0 aliphatic carbocycles. The molecule has 130 valence electrons. The van der Waals surface area contributed by atoms with Gasteiger partial charge in [-0.25, -0.2) is 9.55 Å². The van der Waals surface area contributed by atoms with Crippen LogP contribution in [0.4, 0.5) is 5.82 Å². The van der Waals surface area contributed by atoms with Crippen molar-refractivity contribution in [1.82, 2.24) is 4.98 Å². The van der Waals surface area contributed by atoms with Gasteiger partial charge in [0, 0.05) is 26.8 Å². The number of ketones is 1. The van der Waals surface area contributed by atoms with E-state index in [9.17, 15) is 14.2 Å². The van der Waals surface area contributed by atoms with Crippen molar-refractivity contribution in [3.8, 4) is 0 Å². The lowest BCUT2D eigenvalue weighted by Crippen LogP contribution is -2.37. The monoisotopic (exact) mass is 354 g/mol. The number of phosphoric acid groups is 1. The highest BCUT2D eigenvalue weighted by atomic mass is 31.2. The van der Waals surface area contributed by atoms with Crippen LogP contribution in [0.15, 0.2) is 18.3 Å². The minimum absolute atomic E-state index is 0.0622. The number of fused-ring (bicyclic) bond motifs is 1. The number of rotatable bonds is 7. The highest BCUT2D eigenvalue weighted by Gasteiger charge is 2.30. The van der Waals surface area contributed by atoms with Crippen LogP contribution in [0.1, 0.15) is 24.5 Å². The lowest BCUT2D eigenvalue weighted by molar-refractivity contribution is -0.119. The molecule has 0 aromatic carbocycles. The molecule has 1 aromatic rings. The van der Waals surface area contributed by atoms with Gasteiger partial charge in [-0.2, -0.15) is 0 Å². The van der Waals surface area contributed by atoms with Crippen LogP contribution in [0.5, 0.6) is 0 Å². The molecular weight excluding hydrogens is 335 g/mol. The largest absolute Gasteiger partial charge is 0.475 e. The molecule has 2 rings (SSSR count). The summed E-state index contributed by atoms with van der Waals surface area (Å²) in [5.41, 5.74) is 1.60. The van der Waals surface area contributed by atoms with Gasteiger partial charge in [0.25, 0.3) is 0 Å². The van der Waals surface area contributed by atoms with Crippen LogP contribution in [-0.2, 0) is 34.1 Å². The second-order valence-corrected chi connectivity index (χ2v) is 6.97. The Labute approximate surface area is 140 Å². The van der Waals surface area contributed by atoms with Gasteiger partial charge >= 0.3 is 7.82 Å². The van der Waals surface area contributed by atoms with Gasteiger partial charge in [-0.1, -0.05) is 0 Å². The van der Waals surface area contributed by atoms with Gasteiger partial charge in [-0.15, -0.1) is 0 Å². The first-order valence-electron chi connectivity index (χ1n) is 7.22. The molecular formula is C15H19N2O6P. The zero-order chi connectivity index (χ0) is 17.7. The first-order chi connectivity index (χ1) is 11.4. The van der Waals surface area contributed by atoms with Crippen molar-refractivity contribution in [2.24, 2.45) is 0 Å². The summed E-state index contributed by atoms with van der Waals surface area (Å²) in [6.07, 6.45) is 5.48. The fourth-order valence-electron chi connectivity index (χ4n) is 2.19. The topological polar surface area (TPSA) is 95.0 Å². The van der Waals surface area contributed by atoms with Crippen molar-refractivity contribution in [3.05, 3.63) is 29.5 Å². The van der Waals surface area contributed by atoms with Gasteiger partial charge < -0.3 is 0 Å². The number of hydrogen-bond donors (Lipinski definition) is 0. The minimum Gasteiger partial charge on any atom is -0.295 e. The Morgan fingerprint density at radius 1 is 1.38 bits per heavy atom. The van der Waals surface area contributed by atoms with Crippen LogP contribution in [0.2, 0.25) is 0 Å². The molecule has 9 heteroatoms. The van der Waals surface area contributed by atoms with Gasteiger partial charge in [-0.05, 0) is 42.7 Å². The highest BCUT2D eigenvalue weighted by Crippen LogP contribution is 2.47. The van der Waals surface area contributed by atoms with E-state index >= 15 is 0 Å². The number of carbonyl (C=O) groups excluding carboxylic acids is 2. The number of hydrogen-bond acceptors (Lipinski definition) is 7. The number of phosphoric ester groups is 1. The van der Waals surface area contributed by atoms with E-state index in [1.54, 1.807) is 12.3 Å². The average molecular weight is 354 g/mol. The van der Waals surface area contributed by atoms with E-state index in [2.05, 4.69) is 14.0 Å². The van der Waals surface area contributed by atoms with Crippen LogP contribution in [-0.4, -0.2) is 37.6 Å². The molecule has 24 heavy (non-hydrogen) atoms. The van der Waals surface area contributed by atoms with Crippen LogP contribution in [0, 0.1) is 0 Å². The SMILES string of the molecule is COP(=O)(OC)OCN1C(=O)CCc2cc(/C=C/C(C)=O)cnc21. The van der Waals surface area contributed by atoms with E-state index in [0.717, 1.165) is 11.1 Å². The number of pyridine rings is 1.